The maximum Gasteiger partial charge on any atom is 0.226 e. The molecule has 1 aromatic rings. The minimum absolute atomic E-state index is 0.0492. The second-order valence-electron chi connectivity index (χ2n) is 9.60. The number of sulfone groups is 1. The summed E-state index contributed by atoms with van der Waals surface area (Å²) < 4.78 is 25.6. The van der Waals surface area contributed by atoms with E-state index in [1.165, 1.54) is 0 Å². The molecule has 0 aliphatic carbocycles. The molecule has 1 aliphatic rings. The second kappa shape index (κ2) is 10.5. The van der Waals surface area contributed by atoms with E-state index >= 15 is 0 Å². The van der Waals surface area contributed by atoms with E-state index in [4.69, 9.17) is 11.6 Å². The van der Waals surface area contributed by atoms with Gasteiger partial charge in [0.05, 0.1) is 17.0 Å². The Bertz CT molecular complexity index is 877. The van der Waals surface area contributed by atoms with E-state index in [9.17, 15) is 18.0 Å². The van der Waals surface area contributed by atoms with Crippen molar-refractivity contribution < 1.29 is 18.0 Å². The van der Waals surface area contributed by atoms with Crippen molar-refractivity contribution in [1.82, 2.24) is 4.90 Å². The summed E-state index contributed by atoms with van der Waals surface area (Å²) in [6.07, 6.45) is 1.51. The molecule has 3 atom stereocenters. The molecule has 1 aromatic carbocycles. The Morgan fingerprint density at radius 1 is 1.06 bits per heavy atom. The molecule has 0 spiro atoms. The van der Waals surface area contributed by atoms with Crippen molar-refractivity contribution in [1.29, 1.82) is 0 Å². The van der Waals surface area contributed by atoms with Crippen LogP contribution in [0.1, 0.15) is 72.4 Å². The van der Waals surface area contributed by atoms with Gasteiger partial charge in [0.25, 0.3) is 0 Å². The van der Waals surface area contributed by atoms with Crippen molar-refractivity contribution in [3.05, 3.63) is 34.9 Å². The average Bonchev–Trinajstić information content (AvgIpc) is 2.68. The molecule has 5 nitrogen and oxygen atoms in total. The Labute approximate surface area is 192 Å². The van der Waals surface area contributed by atoms with Crippen LogP contribution in [0.4, 0.5) is 0 Å². The van der Waals surface area contributed by atoms with Crippen LogP contribution < -0.4 is 0 Å². The van der Waals surface area contributed by atoms with E-state index < -0.39 is 27.0 Å². The largest absolute Gasteiger partial charge is 0.331 e. The van der Waals surface area contributed by atoms with Crippen LogP contribution in [0.2, 0.25) is 5.02 Å². The maximum absolute atomic E-state index is 13.7. The van der Waals surface area contributed by atoms with Crippen molar-refractivity contribution in [3.8, 4) is 0 Å². The van der Waals surface area contributed by atoms with Crippen LogP contribution in [0, 0.1) is 17.8 Å². The van der Waals surface area contributed by atoms with Crippen LogP contribution in [0.3, 0.4) is 0 Å². The third kappa shape index (κ3) is 6.32. The molecule has 0 N–H and O–H groups in total. The molecule has 1 heterocycles. The van der Waals surface area contributed by atoms with Crippen LogP contribution in [0.25, 0.3) is 0 Å². The second-order valence-corrected chi connectivity index (χ2v) is 12.6. The first-order chi connectivity index (χ1) is 14.3. The van der Waals surface area contributed by atoms with Crippen LogP contribution >= 0.6 is 11.6 Å². The molecule has 1 fully saturated rings. The van der Waals surface area contributed by atoms with Gasteiger partial charge in [0.15, 0.2) is 9.84 Å². The molecule has 0 bridgehead atoms. The zero-order chi connectivity index (χ0) is 23.5. The number of nitrogens with zero attached hydrogens (tertiary/aromatic N) is 1. The fourth-order valence-electron chi connectivity index (χ4n) is 4.09. The van der Waals surface area contributed by atoms with Crippen molar-refractivity contribution in [2.24, 2.45) is 17.8 Å². The van der Waals surface area contributed by atoms with Gasteiger partial charge in [0.1, 0.15) is 5.78 Å². The standard InChI is InChI=1S/C24H36ClNO4S/c1-15(2)22(14-31(29,30)17(5)6)26-21(18-7-10-20(25)11-8-18)12-9-19(24(26)28)13-23(27)16(3)4/h7-8,10-11,15-17,19,21-22H,9,12-14H2,1-6H3. The lowest BCUT2D eigenvalue weighted by Gasteiger charge is -2.46. The maximum atomic E-state index is 13.7. The molecular weight excluding hydrogens is 434 g/mol. The highest BCUT2D eigenvalue weighted by molar-refractivity contribution is 7.92. The number of carbonyl (C=O) groups is 2. The normalized spacial score (nSPS) is 21.2. The van der Waals surface area contributed by atoms with Gasteiger partial charge in [0.2, 0.25) is 5.91 Å². The highest BCUT2D eigenvalue weighted by Gasteiger charge is 2.43. The molecule has 1 amide bonds. The third-order valence-corrected chi connectivity index (χ3v) is 8.82. The first-order valence-electron chi connectivity index (χ1n) is 11.2. The lowest BCUT2D eigenvalue weighted by Crippen LogP contribution is -2.54. The average molecular weight is 470 g/mol. The van der Waals surface area contributed by atoms with Crippen LogP contribution in [-0.2, 0) is 19.4 Å². The summed E-state index contributed by atoms with van der Waals surface area (Å²) in [5.41, 5.74) is 0.944. The van der Waals surface area contributed by atoms with Gasteiger partial charge in [0, 0.05) is 29.3 Å². The number of ketones is 1. The summed E-state index contributed by atoms with van der Waals surface area (Å²) in [7, 11) is -3.36. The van der Waals surface area contributed by atoms with Gasteiger partial charge < -0.3 is 4.90 Å². The van der Waals surface area contributed by atoms with E-state index in [2.05, 4.69) is 0 Å². The minimum Gasteiger partial charge on any atom is -0.331 e. The molecule has 174 valence electrons. The van der Waals surface area contributed by atoms with Gasteiger partial charge in [-0.25, -0.2) is 8.42 Å². The van der Waals surface area contributed by atoms with E-state index in [-0.39, 0.29) is 41.7 Å². The molecule has 1 aliphatic heterocycles. The van der Waals surface area contributed by atoms with E-state index in [1.807, 2.05) is 39.8 Å². The lowest BCUT2D eigenvalue weighted by molar-refractivity contribution is -0.148. The Morgan fingerprint density at radius 3 is 2.13 bits per heavy atom. The lowest BCUT2D eigenvalue weighted by atomic mass is 9.82. The quantitative estimate of drug-likeness (QED) is 0.505. The summed E-state index contributed by atoms with van der Waals surface area (Å²) in [6.45, 7) is 10.9. The predicted molar refractivity (Wildman–Crippen MR) is 126 cm³/mol. The number of piperidine rings is 1. The van der Waals surface area contributed by atoms with Crippen molar-refractivity contribution in [2.45, 2.75) is 78.1 Å². The topological polar surface area (TPSA) is 71.5 Å². The first kappa shape index (κ1) is 25.9. The molecule has 0 saturated carbocycles. The zero-order valence-electron chi connectivity index (χ0n) is 19.5. The molecule has 31 heavy (non-hydrogen) atoms. The molecule has 0 aromatic heterocycles. The van der Waals surface area contributed by atoms with Crippen molar-refractivity contribution >= 4 is 33.1 Å². The van der Waals surface area contributed by atoms with E-state index in [0.717, 1.165) is 5.56 Å². The molecule has 2 rings (SSSR count). The Morgan fingerprint density at radius 2 is 1.65 bits per heavy atom. The van der Waals surface area contributed by atoms with Crippen LogP contribution in [0.15, 0.2) is 24.3 Å². The van der Waals surface area contributed by atoms with Gasteiger partial charge >= 0.3 is 0 Å². The number of Topliss-reactive ketones (excluding diaryl/α,β-unsaturated/α-hetero) is 1. The van der Waals surface area contributed by atoms with Gasteiger partial charge in [-0.2, -0.15) is 0 Å². The smallest absolute Gasteiger partial charge is 0.226 e. The number of hydrogen-bond donors (Lipinski definition) is 0. The van der Waals surface area contributed by atoms with E-state index in [0.29, 0.717) is 17.9 Å². The zero-order valence-corrected chi connectivity index (χ0v) is 21.0. The Balaban J connectivity index is 2.47. The molecular formula is C24H36ClNO4S. The number of rotatable bonds is 9. The summed E-state index contributed by atoms with van der Waals surface area (Å²) in [5, 5.41) is 0.0987. The van der Waals surface area contributed by atoms with Gasteiger partial charge in [-0.15, -0.1) is 0 Å². The monoisotopic (exact) mass is 469 g/mol. The van der Waals surface area contributed by atoms with Crippen molar-refractivity contribution in [2.75, 3.05) is 5.75 Å². The molecule has 1 saturated heterocycles. The summed E-state index contributed by atoms with van der Waals surface area (Å²) in [6, 6.07) is 6.71. The predicted octanol–water partition coefficient (Wildman–Crippen LogP) is 5.08. The highest BCUT2D eigenvalue weighted by atomic mass is 35.5. The number of halogens is 1. The number of carbonyl (C=O) groups excluding carboxylic acids is 2. The Hall–Kier alpha value is -1.40. The summed E-state index contributed by atoms with van der Waals surface area (Å²) >= 11 is 6.06. The van der Waals surface area contributed by atoms with Gasteiger partial charge in [-0.05, 0) is 50.3 Å². The SMILES string of the molecule is CC(C)C(=O)CC1CCC(c2ccc(Cl)cc2)N(C(CS(=O)(=O)C(C)C)C(C)C)C1=O. The Kier molecular flexibility index (Phi) is 8.74. The van der Waals surface area contributed by atoms with Crippen molar-refractivity contribution in [3.63, 3.8) is 0 Å². The summed E-state index contributed by atoms with van der Waals surface area (Å²) in [4.78, 5) is 27.9. The number of benzene rings is 1. The third-order valence-electron chi connectivity index (χ3n) is 6.32. The van der Waals surface area contributed by atoms with Crippen LogP contribution in [0.5, 0.6) is 0 Å². The minimum atomic E-state index is -3.36. The molecule has 0 radical (unpaired) electrons. The van der Waals surface area contributed by atoms with Gasteiger partial charge in [-0.1, -0.05) is 51.4 Å². The first-order valence-corrected chi connectivity index (χ1v) is 13.3. The van der Waals surface area contributed by atoms with Crippen LogP contribution in [-0.4, -0.2) is 42.1 Å². The fraction of sp³-hybridized carbons (Fsp3) is 0.667. The van der Waals surface area contributed by atoms with E-state index in [1.54, 1.807) is 30.9 Å². The molecule has 3 unspecified atom stereocenters. The van der Waals surface area contributed by atoms with Gasteiger partial charge in [-0.3, -0.25) is 9.59 Å². The summed E-state index contributed by atoms with van der Waals surface area (Å²) in [5.74, 6) is -0.703. The number of amides is 1. The molecule has 7 heteroatoms. The highest BCUT2D eigenvalue weighted by Crippen LogP contribution is 2.39. The fourth-order valence-corrected chi connectivity index (χ4v) is 5.62. The number of likely N-dealkylation sites (tertiary alicyclic amines) is 1. The number of hydrogen-bond acceptors (Lipinski definition) is 4.